The maximum absolute atomic E-state index is 11.7. The predicted molar refractivity (Wildman–Crippen MR) is 88.5 cm³/mol. The lowest BCUT2D eigenvalue weighted by Gasteiger charge is -2.04. The molecule has 0 aliphatic carbocycles. The minimum absolute atomic E-state index is 0.00427. The Kier molecular flexibility index (Phi) is 5.22. The van der Waals surface area contributed by atoms with Gasteiger partial charge in [-0.05, 0) is 41.5 Å². The summed E-state index contributed by atoms with van der Waals surface area (Å²) >= 11 is 0. The van der Waals surface area contributed by atoms with Gasteiger partial charge in [-0.3, -0.25) is 4.79 Å². The molecule has 8 heteroatoms. The molecule has 0 radical (unpaired) electrons. The second kappa shape index (κ2) is 7.16. The van der Waals surface area contributed by atoms with Crippen molar-refractivity contribution in [1.82, 2.24) is 5.32 Å². The Morgan fingerprint density at radius 3 is 2.33 bits per heavy atom. The van der Waals surface area contributed by atoms with Crippen LogP contribution in [0.4, 0.5) is 0 Å². The summed E-state index contributed by atoms with van der Waals surface area (Å²) in [4.78, 5) is 11.7. The molecule has 7 nitrogen and oxygen atoms in total. The van der Waals surface area contributed by atoms with Crippen LogP contribution in [0, 0.1) is 0 Å². The Balaban J connectivity index is 1.93. The van der Waals surface area contributed by atoms with Crippen molar-refractivity contribution in [2.45, 2.75) is 11.4 Å². The number of phenolic OH excluding ortho intramolecular Hbond substituents is 2. The quantitative estimate of drug-likeness (QED) is 0.474. The number of benzene rings is 2. The van der Waals surface area contributed by atoms with Crippen molar-refractivity contribution < 1.29 is 23.4 Å². The first kappa shape index (κ1) is 17.5. The van der Waals surface area contributed by atoms with Gasteiger partial charge in [0.25, 0.3) is 0 Å². The zero-order valence-electron chi connectivity index (χ0n) is 12.5. The lowest BCUT2D eigenvalue weighted by Crippen LogP contribution is -2.20. The van der Waals surface area contributed by atoms with Crippen LogP contribution in [0.15, 0.2) is 53.4 Å². The molecule has 0 atom stereocenters. The van der Waals surface area contributed by atoms with E-state index >= 15 is 0 Å². The number of hydrogen-bond donors (Lipinski definition) is 4. The number of primary sulfonamides is 1. The molecule has 0 aromatic heterocycles. The SMILES string of the molecule is NS(=O)(=O)c1ccc(CNC(=O)/C=C/c2ccc(O)c(O)c2)cc1. The number of nitrogens with one attached hydrogen (secondary N) is 1. The summed E-state index contributed by atoms with van der Waals surface area (Å²) in [5.74, 6) is -0.870. The van der Waals surface area contributed by atoms with Crippen molar-refractivity contribution in [1.29, 1.82) is 0 Å². The van der Waals surface area contributed by atoms with E-state index in [1.807, 2.05) is 0 Å². The lowest BCUT2D eigenvalue weighted by molar-refractivity contribution is -0.116. The molecule has 0 saturated heterocycles. The maximum Gasteiger partial charge on any atom is 0.244 e. The highest BCUT2D eigenvalue weighted by molar-refractivity contribution is 7.89. The van der Waals surface area contributed by atoms with Crippen LogP contribution in [0.5, 0.6) is 11.5 Å². The van der Waals surface area contributed by atoms with Crippen LogP contribution < -0.4 is 10.5 Å². The molecular formula is C16H16N2O5S. The fraction of sp³-hybridized carbons (Fsp3) is 0.0625. The maximum atomic E-state index is 11.7. The van der Waals surface area contributed by atoms with Crippen LogP contribution in [0.2, 0.25) is 0 Å². The number of aromatic hydroxyl groups is 2. The molecule has 126 valence electrons. The van der Waals surface area contributed by atoms with E-state index in [0.717, 1.165) is 0 Å². The monoisotopic (exact) mass is 348 g/mol. The average molecular weight is 348 g/mol. The standard InChI is InChI=1S/C16H16N2O5S/c17-24(22,23)13-5-1-12(2-6-13)10-18-16(21)8-4-11-3-7-14(19)15(20)9-11/h1-9,19-20H,10H2,(H,18,21)(H2,17,22,23)/b8-4+. The molecule has 1 amide bonds. The van der Waals surface area contributed by atoms with Gasteiger partial charge in [0.2, 0.25) is 15.9 Å². The Hall–Kier alpha value is -2.84. The van der Waals surface area contributed by atoms with Gasteiger partial charge in [-0.25, -0.2) is 13.6 Å². The lowest BCUT2D eigenvalue weighted by atomic mass is 10.2. The van der Waals surface area contributed by atoms with Gasteiger partial charge >= 0.3 is 0 Å². The zero-order chi connectivity index (χ0) is 17.7. The highest BCUT2D eigenvalue weighted by Gasteiger charge is 2.06. The van der Waals surface area contributed by atoms with Crippen molar-refractivity contribution in [2.75, 3.05) is 0 Å². The van der Waals surface area contributed by atoms with Crippen LogP contribution in [0.1, 0.15) is 11.1 Å². The molecule has 0 spiro atoms. The van der Waals surface area contributed by atoms with E-state index < -0.39 is 10.0 Å². The van der Waals surface area contributed by atoms with Gasteiger partial charge in [-0.1, -0.05) is 18.2 Å². The minimum atomic E-state index is -3.73. The van der Waals surface area contributed by atoms with Gasteiger partial charge in [0, 0.05) is 12.6 Å². The van der Waals surface area contributed by atoms with Crippen molar-refractivity contribution in [3.05, 3.63) is 59.7 Å². The third kappa shape index (κ3) is 4.83. The van der Waals surface area contributed by atoms with Crippen molar-refractivity contribution in [2.24, 2.45) is 5.14 Å². The Morgan fingerprint density at radius 2 is 1.75 bits per heavy atom. The first-order valence-corrected chi connectivity index (χ1v) is 8.40. The smallest absolute Gasteiger partial charge is 0.244 e. The molecule has 2 rings (SSSR count). The van der Waals surface area contributed by atoms with E-state index in [0.29, 0.717) is 11.1 Å². The number of hydrogen-bond acceptors (Lipinski definition) is 5. The Morgan fingerprint density at radius 1 is 1.08 bits per heavy atom. The summed E-state index contributed by atoms with van der Waals surface area (Å²) in [5, 5.41) is 26.2. The number of carbonyl (C=O) groups is 1. The summed E-state index contributed by atoms with van der Waals surface area (Å²) in [7, 11) is -3.73. The van der Waals surface area contributed by atoms with E-state index in [1.165, 1.54) is 36.4 Å². The van der Waals surface area contributed by atoms with E-state index in [9.17, 15) is 23.4 Å². The van der Waals surface area contributed by atoms with Crippen LogP contribution >= 0.6 is 0 Å². The molecule has 0 fully saturated rings. The van der Waals surface area contributed by atoms with Gasteiger partial charge < -0.3 is 15.5 Å². The minimum Gasteiger partial charge on any atom is -0.504 e. The number of carbonyl (C=O) groups excluding carboxylic acids is 1. The molecule has 0 heterocycles. The topological polar surface area (TPSA) is 130 Å². The second-order valence-corrected chi connectivity index (χ2v) is 6.55. The highest BCUT2D eigenvalue weighted by atomic mass is 32.2. The normalized spacial score (nSPS) is 11.5. The van der Waals surface area contributed by atoms with E-state index in [2.05, 4.69) is 5.32 Å². The van der Waals surface area contributed by atoms with E-state index in [-0.39, 0.29) is 28.8 Å². The molecule has 24 heavy (non-hydrogen) atoms. The summed E-state index contributed by atoms with van der Waals surface area (Å²) in [6.45, 7) is 0.217. The molecule has 0 unspecified atom stereocenters. The van der Waals surface area contributed by atoms with Crippen molar-refractivity contribution in [3.8, 4) is 11.5 Å². The van der Waals surface area contributed by atoms with Crippen molar-refractivity contribution in [3.63, 3.8) is 0 Å². The van der Waals surface area contributed by atoms with Crippen molar-refractivity contribution >= 4 is 22.0 Å². The highest BCUT2D eigenvalue weighted by Crippen LogP contribution is 2.25. The number of nitrogens with two attached hydrogens (primary N) is 1. The molecular weight excluding hydrogens is 332 g/mol. The third-order valence-electron chi connectivity index (χ3n) is 3.15. The fourth-order valence-corrected chi connectivity index (χ4v) is 2.38. The number of amides is 1. The van der Waals surface area contributed by atoms with Crippen LogP contribution in [0.25, 0.3) is 6.08 Å². The van der Waals surface area contributed by atoms with Gasteiger partial charge in [-0.15, -0.1) is 0 Å². The van der Waals surface area contributed by atoms with E-state index in [1.54, 1.807) is 18.2 Å². The Labute approximate surface area is 139 Å². The third-order valence-corrected chi connectivity index (χ3v) is 4.07. The van der Waals surface area contributed by atoms with Crippen LogP contribution in [-0.2, 0) is 21.4 Å². The summed E-state index contributed by atoms with van der Waals surface area (Å²) < 4.78 is 22.3. The molecule has 2 aromatic rings. The predicted octanol–water partition coefficient (Wildman–Crippen LogP) is 1.07. The zero-order valence-corrected chi connectivity index (χ0v) is 13.3. The first-order valence-electron chi connectivity index (χ1n) is 6.85. The molecule has 0 aliphatic heterocycles. The molecule has 0 saturated carbocycles. The molecule has 0 bridgehead atoms. The Bertz CT molecular complexity index is 874. The average Bonchev–Trinajstić information content (AvgIpc) is 2.53. The molecule has 0 aliphatic rings. The van der Waals surface area contributed by atoms with Gasteiger partial charge in [0.1, 0.15) is 0 Å². The fourth-order valence-electron chi connectivity index (χ4n) is 1.86. The number of rotatable bonds is 5. The number of sulfonamides is 1. The van der Waals surface area contributed by atoms with Crippen LogP contribution in [0.3, 0.4) is 0 Å². The van der Waals surface area contributed by atoms with Gasteiger partial charge in [0.15, 0.2) is 11.5 Å². The second-order valence-electron chi connectivity index (χ2n) is 4.99. The summed E-state index contributed by atoms with van der Waals surface area (Å²) in [5.41, 5.74) is 1.27. The summed E-state index contributed by atoms with van der Waals surface area (Å²) in [6.07, 6.45) is 2.77. The first-order chi connectivity index (χ1) is 11.3. The number of phenols is 2. The van der Waals surface area contributed by atoms with Crippen LogP contribution in [-0.4, -0.2) is 24.5 Å². The van der Waals surface area contributed by atoms with Gasteiger partial charge in [-0.2, -0.15) is 0 Å². The molecule has 2 aromatic carbocycles. The van der Waals surface area contributed by atoms with Gasteiger partial charge in [0.05, 0.1) is 4.90 Å². The largest absolute Gasteiger partial charge is 0.504 e. The summed E-state index contributed by atoms with van der Waals surface area (Å²) in [6, 6.07) is 10.0. The molecule has 5 N–H and O–H groups in total. The van der Waals surface area contributed by atoms with E-state index in [4.69, 9.17) is 5.14 Å².